The lowest BCUT2D eigenvalue weighted by Gasteiger charge is -2.35. The SMILES string of the molecule is Cn1ncc2cc(C(=O)Nc3ccc4nc([C@@]5(C)CCCN5C(=O)OC(C)(C)C)cn4c3)ccc21. The average Bonchev–Trinajstić information content (AvgIpc) is 3.49. The number of aryl methyl sites for hydroxylation is 1. The second-order valence-corrected chi connectivity index (χ2v) is 10.3. The van der Waals surface area contributed by atoms with Crippen LogP contribution in [0.5, 0.6) is 0 Å². The molecule has 9 heteroatoms. The van der Waals surface area contributed by atoms with Crippen molar-refractivity contribution in [2.45, 2.75) is 51.7 Å². The van der Waals surface area contributed by atoms with Gasteiger partial charge in [0.2, 0.25) is 0 Å². The lowest BCUT2D eigenvalue weighted by Crippen LogP contribution is -2.45. The minimum Gasteiger partial charge on any atom is -0.444 e. The molecule has 1 N–H and O–H groups in total. The maximum atomic E-state index is 12.9. The Bertz CT molecular complexity index is 1450. The number of ether oxygens (including phenoxy) is 1. The number of amides is 2. The van der Waals surface area contributed by atoms with Gasteiger partial charge in [-0.15, -0.1) is 0 Å². The molecule has 0 unspecified atom stereocenters. The smallest absolute Gasteiger partial charge is 0.411 e. The Morgan fingerprint density at radius 2 is 1.94 bits per heavy atom. The highest BCUT2D eigenvalue weighted by Gasteiger charge is 2.44. The van der Waals surface area contributed by atoms with E-state index in [2.05, 4.69) is 10.4 Å². The number of imidazole rings is 1. The number of benzene rings is 1. The molecule has 1 aliphatic heterocycles. The molecule has 4 heterocycles. The molecule has 9 nitrogen and oxygen atoms in total. The number of aromatic nitrogens is 4. The maximum absolute atomic E-state index is 12.9. The van der Waals surface area contributed by atoms with Gasteiger partial charge in [-0.1, -0.05) is 0 Å². The maximum Gasteiger partial charge on any atom is 0.411 e. The predicted molar refractivity (Wildman–Crippen MR) is 133 cm³/mol. The van der Waals surface area contributed by atoms with Gasteiger partial charge in [0.15, 0.2) is 0 Å². The fourth-order valence-corrected chi connectivity index (χ4v) is 4.67. The van der Waals surface area contributed by atoms with E-state index in [1.54, 1.807) is 21.8 Å². The van der Waals surface area contributed by atoms with E-state index >= 15 is 0 Å². The molecule has 1 saturated heterocycles. The molecule has 0 aliphatic carbocycles. The van der Waals surface area contributed by atoms with Crippen molar-refractivity contribution in [2.75, 3.05) is 11.9 Å². The van der Waals surface area contributed by atoms with E-state index in [1.807, 2.05) is 75.8 Å². The van der Waals surface area contributed by atoms with E-state index < -0.39 is 11.1 Å². The lowest BCUT2D eigenvalue weighted by atomic mass is 9.95. The summed E-state index contributed by atoms with van der Waals surface area (Å²) in [4.78, 5) is 32.3. The Kier molecular flexibility index (Phi) is 5.30. The summed E-state index contributed by atoms with van der Waals surface area (Å²) in [5.74, 6) is -0.200. The van der Waals surface area contributed by atoms with Crippen LogP contribution >= 0.6 is 0 Å². The zero-order valence-electron chi connectivity index (χ0n) is 20.7. The third-order valence-corrected chi connectivity index (χ3v) is 6.52. The molecule has 0 spiro atoms. The molecular formula is C26H30N6O3. The highest BCUT2D eigenvalue weighted by molar-refractivity contribution is 6.06. The molecule has 2 amide bonds. The minimum atomic E-state index is -0.561. The molecule has 0 radical (unpaired) electrons. The van der Waals surface area contributed by atoms with E-state index in [0.717, 1.165) is 35.1 Å². The number of anilines is 1. The molecule has 0 saturated carbocycles. The van der Waals surface area contributed by atoms with E-state index in [4.69, 9.17) is 9.72 Å². The summed E-state index contributed by atoms with van der Waals surface area (Å²) in [6.45, 7) is 8.26. The summed E-state index contributed by atoms with van der Waals surface area (Å²) in [7, 11) is 1.87. The molecule has 35 heavy (non-hydrogen) atoms. The monoisotopic (exact) mass is 474 g/mol. The molecule has 1 atom stereocenters. The summed E-state index contributed by atoms with van der Waals surface area (Å²) in [6.07, 6.45) is 6.86. The zero-order valence-corrected chi connectivity index (χ0v) is 20.7. The summed E-state index contributed by atoms with van der Waals surface area (Å²) in [5, 5.41) is 8.11. The Balaban J connectivity index is 1.38. The third-order valence-electron chi connectivity index (χ3n) is 6.52. The normalized spacial score (nSPS) is 18.4. The fraction of sp³-hybridized carbons (Fsp3) is 0.385. The van der Waals surface area contributed by atoms with Gasteiger partial charge in [0.05, 0.1) is 28.6 Å². The van der Waals surface area contributed by atoms with Crippen molar-refractivity contribution in [1.29, 1.82) is 0 Å². The number of fused-ring (bicyclic) bond motifs is 2. The highest BCUT2D eigenvalue weighted by Crippen LogP contribution is 2.39. The van der Waals surface area contributed by atoms with Crippen molar-refractivity contribution in [3.8, 4) is 0 Å². The molecule has 1 aliphatic rings. The second-order valence-electron chi connectivity index (χ2n) is 10.3. The number of likely N-dealkylation sites (tertiary alicyclic amines) is 1. The second kappa shape index (κ2) is 8.11. The highest BCUT2D eigenvalue weighted by atomic mass is 16.6. The van der Waals surface area contributed by atoms with Crippen LogP contribution in [0.2, 0.25) is 0 Å². The number of nitrogens with one attached hydrogen (secondary N) is 1. The van der Waals surface area contributed by atoms with Gasteiger partial charge in [0, 0.05) is 36.9 Å². The molecule has 3 aromatic heterocycles. The van der Waals surface area contributed by atoms with Crippen LogP contribution in [-0.4, -0.2) is 48.2 Å². The number of pyridine rings is 1. The number of hydrogen-bond donors (Lipinski definition) is 1. The third kappa shape index (κ3) is 4.22. The minimum absolute atomic E-state index is 0.200. The average molecular weight is 475 g/mol. The van der Waals surface area contributed by atoms with Crippen LogP contribution in [0.4, 0.5) is 10.5 Å². The van der Waals surface area contributed by atoms with Crippen LogP contribution in [0.3, 0.4) is 0 Å². The number of rotatable bonds is 3. The first kappa shape index (κ1) is 22.9. The largest absolute Gasteiger partial charge is 0.444 e. The van der Waals surface area contributed by atoms with Gasteiger partial charge in [-0.3, -0.25) is 14.4 Å². The van der Waals surface area contributed by atoms with E-state index in [9.17, 15) is 9.59 Å². The van der Waals surface area contributed by atoms with E-state index in [-0.39, 0.29) is 12.0 Å². The quantitative estimate of drug-likeness (QED) is 0.464. The summed E-state index contributed by atoms with van der Waals surface area (Å²) >= 11 is 0. The van der Waals surface area contributed by atoms with Crippen LogP contribution in [-0.2, 0) is 17.3 Å². The number of nitrogens with zero attached hydrogens (tertiary/aromatic N) is 5. The lowest BCUT2D eigenvalue weighted by molar-refractivity contribution is 0.00933. The van der Waals surface area contributed by atoms with Gasteiger partial charge >= 0.3 is 6.09 Å². The van der Waals surface area contributed by atoms with Gasteiger partial charge < -0.3 is 14.5 Å². The van der Waals surface area contributed by atoms with Crippen molar-refractivity contribution < 1.29 is 14.3 Å². The van der Waals surface area contributed by atoms with Crippen molar-refractivity contribution in [2.24, 2.45) is 7.05 Å². The summed E-state index contributed by atoms with van der Waals surface area (Å²) in [5.41, 5.74) is 2.60. The number of carbonyl (C=O) groups excluding carboxylic acids is 2. The summed E-state index contributed by atoms with van der Waals surface area (Å²) in [6, 6.07) is 9.20. The fourth-order valence-electron chi connectivity index (χ4n) is 4.67. The van der Waals surface area contributed by atoms with Crippen molar-refractivity contribution in [1.82, 2.24) is 24.1 Å². The van der Waals surface area contributed by atoms with Gasteiger partial charge in [-0.25, -0.2) is 9.78 Å². The van der Waals surface area contributed by atoms with Crippen LogP contribution in [0.1, 0.15) is 56.6 Å². The molecule has 1 aromatic carbocycles. The first-order chi connectivity index (χ1) is 16.5. The van der Waals surface area contributed by atoms with Crippen molar-refractivity contribution >= 4 is 34.2 Å². The number of carbonyl (C=O) groups is 2. The Morgan fingerprint density at radius 3 is 2.71 bits per heavy atom. The molecule has 0 bridgehead atoms. The first-order valence-electron chi connectivity index (χ1n) is 11.8. The topological polar surface area (TPSA) is 93.8 Å². The van der Waals surface area contributed by atoms with Crippen LogP contribution in [0, 0.1) is 0 Å². The number of hydrogen-bond acceptors (Lipinski definition) is 5. The Labute approximate surface area is 203 Å². The predicted octanol–water partition coefficient (Wildman–Crippen LogP) is 4.72. The van der Waals surface area contributed by atoms with E-state index in [1.165, 1.54) is 0 Å². The van der Waals surface area contributed by atoms with Crippen molar-refractivity contribution in [3.63, 3.8) is 0 Å². The summed E-state index contributed by atoms with van der Waals surface area (Å²) < 4.78 is 9.30. The zero-order chi connectivity index (χ0) is 25.0. The molecular weight excluding hydrogens is 444 g/mol. The van der Waals surface area contributed by atoms with Crippen LogP contribution in [0.25, 0.3) is 16.6 Å². The van der Waals surface area contributed by atoms with Gasteiger partial charge in [-0.2, -0.15) is 5.10 Å². The van der Waals surface area contributed by atoms with Crippen LogP contribution in [0.15, 0.2) is 48.9 Å². The Morgan fingerprint density at radius 1 is 1.14 bits per heavy atom. The van der Waals surface area contributed by atoms with Gasteiger partial charge in [-0.05, 0) is 70.9 Å². The Hall–Kier alpha value is -3.88. The van der Waals surface area contributed by atoms with Crippen molar-refractivity contribution in [3.05, 3.63) is 60.2 Å². The van der Waals surface area contributed by atoms with Crippen LogP contribution < -0.4 is 5.32 Å². The van der Waals surface area contributed by atoms with Gasteiger partial charge in [0.1, 0.15) is 11.2 Å². The van der Waals surface area contributed by atoms with E-state index in [0.29, 0.717) is 17.8 Å². The molecule has 5 rings (SSSR count). The van der Waals surface area contributed by atoms with Gasteiger partial charge in [0.25, 0.3) is 5.91 Å². The standard InChI is InChI=1S/C26H30N6O3/c1-25(2,3)35-24(34)32-12-6-11-26(32,4)21-16-31-15-19(8-10-22(31)29-21)28-23(33)17-7-9-20-18(13-17)14-27-30(20)5/h7-10,13-16H,6,11-12H2,1-5H3,(H,28,33)/t26-/m1/s1. The first-order valence-corrected chi connectivity index (χ1v) is 11.8. The molecule has 1 fully saturated rings. The molecule has 4 aromatic rings. The molecule has 182 valence electrons.